The van der Waals surface area contributed by atoms with E-state index in [1.165, 1.54) is 10.9 Å². The molecular formula is C12H12FNS. The number of halogens is 1. The minimum absolute atomic E-state index is 0.189. The maximum Gasteiger partial charge on any atom is 0.146 e. The van der Waals surface area contributed by atoms with Gasteiger partial charge in [0.1, 0.15) is 5.82 Å². The number of nitrogens with zero attached hydrogens (tertiary/aromatic N) is 1. The molecule has 0 radical (unpaired) electrons. The number of benzene rings is 1. The fourth-order valence-electron chi connectivity index (χ4n) is 1.44. The van der Waals surface area contributed by atoms with Gasteiger partial charge in [-0.2, -0.15) is 0 Å². The molecule has 15 heavy (non-hydrogen) atoms. The molecule has 0 atom stereocenters. The largest absolute Gasteiger partial charge is 0.334 e. The number of rotatable bonds is 2. The van der Waals surface area contributed by atoms with Crippen molar-refractivity contribution in [3.8, 4) is 0 Å². The number of anilines is 2. The van der Waals surface area contributed by atoms with Crippen molar-refractivity contribution in [2.75, 3.05) is 11.9 Å². The summed E-state index contributed by atoms with van der Waals surface area (Å²) >= 11 is 1.66. The Balaban J connectivity index is 2.36. The number of hydrogen-bond donors (Lipinski definition) is 0. The first-order chi connectivity index (χ1) is 7.18. The van der Waals surface area contributed by atoms with Crippen molar-refractivity contribution >= 4 is 22.0 Å². The second-order valence-electron chi connectivity index (χ2n) is 3.39. The molecular weight excluding hydrogens is 209 g/mol. The van der Waals surface area contributed by atoms with Crippen molar-refractivity contribution in [3.05, 3.63) is 47.1 Å². The molecule has 0 aliphatic carbocycles. The van der Waals surface area contributed by atoms with E-state index in [1.807, 2.05) is 37.1 Å². The van der Waals surface area contributed by atoms with Gasteiger partial charge in [0.25, 0.3) is 0 Å². The third-order valence-corrected chi connectivity index (χ3v) is 3.35. The summed E-state index contributed by atoms with van der Waals surface area (Å²) in [5.74, 6) is -0.189. The Labute approximate surface area is 92.8 Å². The molecule has 0 saturated heterocycles. The molecule has 0 saturated carbocycles. The van der Waals surface area contributed by atoms with Gasteiger partial charge in [0, 0.05) is 11.9 Å². The Hall–Kier alpha value is -1.35. The molecule has 0 spiro atoms. The van der Waals surface area contributed by atoms with E-state index >= 15 is 0 Å². The molecule has 1 aromatic heterocycles. The summed E-state index contributed by atoms with van der Waals surface area (Å²) in [5, 5.41) is 1.05. The Morgan fingerprint density at radius 1 is 1.13 bits per heavy atom. The quantitative estimate of drug-likeness (QED) is 0.741. The van der Waals surface area contributed by atoms with Crippen LogP contribution in [0.2, 0.25) is 0 Å². The van der Waals surface area contributed by atoms with Crippen LogP contribution in [-0.4, -0.2) is 7.05 Å². The molecule has 2 aromatic rings. The zero-order chi connectivity index (χ0) is 10.8. The molecule has 2 rings (SSSR count). The lowest BCUT2D eigenvalue weighted by molar-refractivity contribution is 0.628. The van der Waals surface area contributed by atoms with Gasteiger partial charge in [0.2, 0.25) is 0 Å². The van der Waals surface area contributed by atoms with Gasteiger partial charge in [-0.25, -0.2) is 4.39 Å². The highest BCUT2D eigenvalue weighted by Crippen LogP contribution is 2.31. The van der Waals surface area contributed by atoms with Crippen molar-refractivity contribution < 1.29 is 4.39 Å². The van der Waals surface area contributed by atoms with E-state index in [-0.39, 0.29) is 5.82 Å². The van der Waals surface area contributed by atoms with Crippen LogP contribution in [0.3, 0.4) is 0 Å². The normalized spacial score (nSPS) is 10.3. The van der Waals surface area contributed by atoms with Gasteiger partial charge in [0.15, 0.2) is 0 Å². The highest BCUT2D eigenvalue weighted by molar-refractivity contribution is 7.16. The molecule has 0 amide bonds. The summed E-state index contributed by atoms with van der Waals surface area (Å²) < 4.78 is 13.5. The van der Waals surface area contributed by atoms with E-state index < -0.39 is 0 Å². The van der Waals surface area contributed by atoms with Crippen molar-refractivity contribution in [1.82, 2.24) is 0 Å². The Bertz CT molecular complexity index is 464. The number of para-hydroxylation sites is 1. The van der Waals surface area contributed by atoms with Crippen LogP contribution in [0.5, 0.6) is 0 Å². The van der Waals surface area contributed by atoms with Gasteiger partial charge in [-0.3, -0.25) is 0 Å². The van der Waals surface area contributed by atoms with E-state index in [9.17, 15) is 4.39 Å². The first-order valence-corrected chi connectivity index (χ1v) is 5.55. The molecule has 0 aliphatic heterocycles. The summed E-state index contributed by atoms with van der Waals surface area (Å²) in [5.41, 5.74) is 0.611. The third kappa shape index (κ3) is 2.02. The second-order valence-corrected chi connectivity index (χ2v) is 4.66. The summed E-state index contributed by atoms with van der Waals surface area (Å²) in [6.45, 7) is 2.04. The van der Waals surface area contributed by atoms with E-state index in [0.717, 1.165) is 5.00 Å². The Morgan fingerprint density at radius 2 is 1.87 bits per heavy atom. The molecule has 0 unspecified atom stereocenters. The van der Waals surface area contributed by atoms with Gasteiger partial charge < -0.3 is 4.90 Å². The van der Waals surface area contributed by atoms with Gasteiger partial charge in [-0.1, -0.05) is 12.1 Å². The average Bonchev–Trinajstić information content (AvgIpc) is 2.65. The molecule has 0 N–H and O–H groups in total. The molecule has 0 bridgehead atoms. The third-order valence-electron chi connectivity index (χ3n) is 2.27. The smallest absolute Gasteiger partial charge is 0.146 e. The number of hydrogen-bond acceptors (Lipinski definition) is 2. The van der Waals surface area contributed by atoms with Crippen LogP contribution in [0.15, 0.2) is 36.4 Å². The zero-order valence-corrected chi connectivity index (χ0v) is 9.51. The van der Waals surface area contributed by atoms with Crippen LogP contribution < -0.4 is 4.90 Å². The lowest BCUT2D eigenvalue weighted by Gasteiger charge is -2.17. The molecule has 1 aromatic carbocycles. The molecule has 3 heteroatoms. The number of thiophene rings is 1. The molecule has 0 aliphatic rings. The van der Waals surface area contributed by atoms with E-state index in [1.54, 1.807) is 23.5 Å². The van der Waals surface area contributed by atoms with Crippen molar-refractivity contribution in [2.24, 2.45) is 0 Å². The maximum absolute atomic E-state index is 13.5. The summed E-state index contributed by atoms with van der Waals surface area (Å²) in [6, 6.07) is 10.8. The molecule has 78 valence electrons. The summed E-state index contributed by atoms with van der Waals surface area (Å²) in [7, 11) is 1.88. The van der Waals surface area contributed by atoms with Crippen LogP contribution in [0, 0.1) is 12.7 Å². The van der Waals surface area contributed by atoms with E-state index in [2.05, 4.69) is 0 Å². The average molecular weight is 221 g/mol. The van der Waals surface area contributed by atoms with Crippen molar-refractivity contribution in [2.45, 2.75) is 6.92 Å². The van der Waals surface area contributed by atoms with Gasteiger partial charge in [0.05, 0.1) is 10.7 Å². The first kappa shape index (κ1) is 10.2. The van der Waals surface area contributed by atoms with Crippen LogP contribution >= 0.6 is 11.3 Å². The van der Waals surface area contributed by atoms with Crippen LogP contribution in [0.4, 0.5) is 15.1 Å². The fourth-order valence-corrected chi connectivity index (χ4v) is 2.28. The lowest BCUT2D eigenvalue weighted by atomic mass is 10.3. The van der Waals surface area contributed by atoms with Gasteiger partial charge >= 0.3 is 0 Å². The van der Waals surface area contributed by atoms with Crippen LogP contribution in [-0.2, 0) is 0 Å². The predicted molar refractivity (Wildman–Crippen MR) is 63.5 cm³/mol. The predicted octanol–water partition coefficient (Wildman–Crippen LogP) is 3.96. The highest BCUT2D eigenvalue weighted by atomic mass is 32.1. The topological polar surface area (TPSA) is 3.24 Å². The fraction of sp³-hybridized carbons (Fsp3) is 0.167. The van der Waals surface area contributed by atoms with E-state index in [0.29, 0.717) is 5.69 Å². The molecule has 1 heterocycles. The van der Waals surface area contributed by atoms with E-state index in [4.69, 9.17) is 0 Å². The summed E-state index contributed by atoms with van der Waals surface area (Å²) in [4.78, 5) is 3.10. The standard InChI is InChI=1S/C12H12FNS/c1-9-7-8-12(15-9)14(2)11-6-4-3-5-10(11)13/h3-8H,1-2H3. The Morgan fingerprint density at radius 3 is 2.47 bits per heavy atom. The van der Waals surface area contributed by atoms with Gasteiger partial charge in [-0.15, -0.1) is 11.3 Å². The molecule has 1 nitrogen and oxygen atoms in total. The number of aryl methyl sites for hydroxylation is 1. The summed E-state index contributed by atoms with van der Waals surface area (Å²) in [6.07, 6.45) is 0. The van der Waals surface area contributed by atoms with Crippen molar-refractivity contribution in [1.29, 1.82) is 0 Å². The van der Waals surface area contributed by atoms with Crippen LogP contribution in [0.25, 0.3) is 0 Å². The Kier molecular flexibility index (Phi) is 2.73. The first-order valence-electron chi connectivity index (χ1n) is 4.73. The SMILES string of the molecule is Cc1ccc(N(C)c2ccccc2F)s1. The zero-order valence-electron chi connectivity index (χ0n) is 8.70. The molecule has 0 fully saturated rings. The minimum atomic E-state index is -0.189. The minimum Gasteiger partial charge on any atom is -0.334 e. The van der Waals surface area contributed by atoms with Gasteiger partial charge in [-0.05, 0) is 31.2 Å². The van der Waals surface area contributed by atoms with Crippen molar-refractivity contribution in [3.63, 3.8) is 0 Å². The lowest BCUT2D eigenvalue weighted by Crippen LogP contribution is -2.09. The monoisotopic (exact) mass is 221 g/mol. The maximum atomic E-state index is 13.5. The highest BCUT2D eigenvalue weighted by Gasteiger charge is 2.09. The van der Waals surface area contributed by atoms with Crippen LogP contribution in [0.1, 0.15) is 4.88 Å². The second kappa shape index (κ2) is 4.03.